The lowest BCUT2D eigenvalue weighted by atomic mass is 9.93. The van der Waals surface area contributed by atoms with E-state index in [9.17, 15) is 0 Å². The molecule has 4 rings (SSSR count). The molecule has 0 saturated heterocycles. The molecule has 0 atom stereocenters. The Morgan fingerprint density at radius 1 is 0.625 bits per heavy atom. The molecule has 0 spiro atoms. The van der Waals surface area contributed by atoms with Crippen molar-refractivity contribution in [3.63, 3.8) is 0 Å². The van der Waals surface area contributed by atoms with Crippen molar-refractivity contribution in [3.05, 3.63) is 72.3 Å². The molecule has 4 aromatic rings. The summed E-state index contributed by atoms with van der Waals surface area (Å²) in [5.74, 6) is 0. The van der Waals surface area contributed by atoms with E-state index in [0.29, 0.717) is 0 Å². The van der Waals surface area contributed by atoms with Crippen LogP contribution in [0.5, 0.6) is 0 Å². The van der Waals surface area contributed by atoms with Crippen LogP contribution in [-0.4, -0.2) is 0 Å². The monoisotopic (exact) mass is 312 g/mol. The van der Waals surface area contributed by atoms with Crippen molar-refractivity contribution in [1.82, 2.24) is 0 Å². The first-order valence-electron chi connectivity index (χ1n) is 9.20. The molecule has 0 heterocycles. The van der Waals surface area contributed by atoms with Crippen LogP contribution in [-0.2, 0) is 6.42 Å². The molecule has 0 radical (unpaired) electrons. The summed E-state index contributed by atoms with van der Waals surface area (Å²) in [6, 6.07) is 24.7. The zero-order valence-corrected chi connectivity index (χ0v) is 14.4. The van der Waals surface area contributed by atoms with Crippen LogP contribution < -0.4 is 0 Å². The Morgan fingerprint density at radius 2 is 1.38 bits per heavy atom. The van der Waals surface area contributed by atoms with Gasteiger partial charge in [-0.2, -0.15) is 0 Å². The molecular formula is C24H24. The van der Waals surface area contributed by atoms with Gasteiger partial charge in [-0.15, -0.1) is 0 Å². The van der Waals surface area contributed by atoms with E-state index in [1.165, 1.54) is 70.0 Å². The third kappa shape index (κ3) is 2.78. The fourth-order valence-corrected chi connectivity index (χ4v) is 3.83. The van der Waals surface area contributed by atoms with Crippen LogP contribution in [0.2, 0.25) is 0 Å². The van der Waals surface area contributed by atoms with Crippen molar-refractivity contribution in [2.24, 2.45) is 0 Å². The number of aryl methyl sites for hydroxylation is 1. The van der Waals surface area contributed by atoms with Gasteiger partial charge in [-0.25, -0.2) is 0 Å². The molecule has 24 heavy (non-hydrogen) atoms. The number of unbranched alkanes of at least 4 members (excludes halogenated alkanes) is 3. The summed E-state index contributed by atoms with van der Waals surface area (Å²) in [6.45, 7) is 2.27. The van der Waals surface area contributed by atoms with Gasteiger partial charge in [0.05, 0.1) is 0 Å². The number of rotatable bonds is 5. The maximum absolute atomic E-state index is 2.38. The molecule has 0 heteroatoms. The minimum Gasteiger partial charge on any atom is -0.0654 e. The predicted octanol–water partition coefficient (Wildman–Crippen LogP) is 7.27. The molecule has 0 unspecified atom stereocenters. The van der Waals surface area contributed by atoms with Crippen molar-refractivity contribution in [2.45, 2.75) is 39.0 Å². The quantitative estimate of drug-likeness (QED) is 0.206. The summed E-state index contributed by atoms with van der Waals surface area (Å²) in [5.41, 5.74) is 1.50. The van der Waals surface area contributed by atoms with E-state index in [-0.39, 0.29) is 0 Å². The minimum absolute atomic E-state index is 1.18. The van der Waals surface area contributed by atoms with E-state index in [1.807, 2.05) is 0 Å². The first kappa shape index (κ1) is 15.2. The molecule has 0 nitrogen and oxygen atoms in total. The molecule has 0 aromatic heterocycles. The molecular weight excluding hydrogens is 288 g/mol. The van der Waals surface area contributed by atoms with E-state index in [1.54, 1.807) is 0 Å². The average Bonchev–Trinajstić information content (AvgIpc) is 2.63. The fourth-order valence-electron chi connectivity index (χ4n) is 3.83. The molecule has 0 amide bonds. The Labute approximate surface area is 144 Å². The van der Waals surface area contributed by atoms with Crippen molar-refractivity contribution < 1.29 is 0 Å². The van der Waals surface area contributed by atoms with Gasteiger partial charge in [-0.3, -0.25) is 0 Å². The Kier molecular flexibility index (Phi) is 4.21. The highest BCUT2D eigenvalue weighted by Gasteiger charge is 2.07. The molecule has 0 bridgehead atoms. The SMILES string of the molecule is CCCCCCc1cccc2ccc3cc4ccccc4cc3c12. The normalized spacial score (nSPS) is 11.5. The Hall–Kier alpha value is -2.34. The fraction of sp³-hybridized carbons (Fsp3) is 0.250. The van der Waals surface area contributed by atoms with Crippen LogP contribution in [0.4, 0.5) is 0 Å². The smallest absolute Gasteiger partial charge is 0.00731 e. The maximum Gasteiger partial charge on any atom is -0.00731 e. The van der Waals surface area contributed by atoms with Gasteiger partial charge in [-0.05, 0) is 62.9 Å². The van der Waals surface area contributed by atoms with Crippen LogP contribution in [0.3, 0.4) is 0 Å². The summed E-state index contributed by atoms with van der Waals surface area (Å²) < 4.78 is 0. The second kappa shape index (κ2) is 6.65. The lowest BCUT2D eigenvalue weighted by molar-refractivity contribution is 0.668. The van der Waals surface area contributed by atoms with Gasteiger partial charge in [0, 0.05) is 0 Å². The van der Waals surface area contributed by atoms with E-state index in [4.69, 9.17) is 0 Å². The van der Waals surface area contributed by atoms with Gasteiger partial charge in [0.25, 0.3) is 0 Å². The van der Waals surface area contributed by atoms with Gasteiger partial charge in [0.1, 0.15) is 0 Å². The number of benzene rings is 4. The summed E-state index contributed by atoms with van der Waals surface area (Å²) in [7, 11) is 0. The van der Waals surface area contributed by atoms with Crippen LogP contribution in [0.15, 0.2) is 66.7 Å². The van der Waals surface area contributed by atoms with E-state index >= 15 is 0 Å². The summed E-state index contributed by atoms with van der Waals surface area (Å²) in [6.07, 6.45) is 6.45. The molecule has 4 aromatic carbocycles. The van der Waals surface area contributed by atoms with Crippen molar-refractivity contribution in [1.29, 1.82) is 0 Å². The van der Waals surface area contributed by atoms with E-state index in [0.717, 1.165) is 0 Å². The lowest BCUT2D eigenvalue weighted by Gasteiger charge is -2.11. The van der Waals surface area contributed by atoms with Gasteiger partial charge >= 0.3 is 0 Å². The van der Waals surface area contributed by atoms with Crippen LogP contribution in [0, 0.1) is 0 Å². The highest BCUT2D eigenvalue weighted by atomic mass is 14.1. The molecule has 0 aliphatic rings. The number of hydrogen-bond acceptors (Lipinski definition) is 0. The van der Waals surface area contributed by atoms with Gasteiger partial charge in [0.15, 0.2) is 0 Å². The zero-order chi connectivity index (χ0) is 16.4. The number of hydrogen-bond donors (Lipinski definition) is 0. The Morgan fingerprint density at radius 3 is 2.21 bits per heavy atom. The predicted molar refractivity (Wildman–Crippen MR) is 107 cm³/mol. The van der Waals surface area contributed by atoms with Gasteiger partial charge in [0.2, 0.25) is 0 Å². The third-order valence-electron chi connectivity index (χ3n) is 5.11. The topological polar surface area (TPSA) is 0 Å². The standard InChI is InChI=1S/C24H24/c1-2-3-4-5-9-18-12-8-13-19-14-15-22-16-20-10-6-7-11-21(20)17-23(22)24(18)19/h6-8,10-17H,2-5,9H2,1H3. The van der Waals surface area contributed by atoms with Crippen LogP contribution in [0.1, 0.15) is 38.2 Å². The minimum atomic E-state index is 1.18. The van der Waals surface area contributed by atoms with Gasteiger partial charge < -0.3 is 0 Å². The van der Waals surface area contributed by atoms with Crippen LogP contribution >= 0.6 is 0 Å². The second-order valence-electron chi connectivity index (χ2n) is 6.81. The molecule has 120 valence electrons. The molecule has 0 fully saturated rings. The highest BCUT2D eigenvalue weighted by Crippen LogP contribution is 2.32. The second-order valence-corrected chi connectivity index (χ2v) is 6.81. The van der Waals surface area contributed by atoms with Crippen molar-refractivity contribution in [2.75, 3.05) is 0 Å². The summed E-state index contributed by atoms with van der Waals surface area (Å²) >= 11 is 0. The zero-order valence-electron chi connectivity index (χ0n) is 14.4. The van der Waals surface area contributed by atoms with Crippen molar-refractivity contribution >= 4 is 32.3 Å². The molecule has 0 saturated carbocycles. The van der Waals surface area contributed by atoms with Gasteiger partial charge in [-0.1, -0.05) is 80.8 Å². The lowest BCUT2D eigenvalue weighted by Crippen LogP contribution is -1.90. The molecule has 0 aliphatic carbocycles. The Balaban J connectivity index is 1.89. The maximum atomic E-state index is 2.38. The molecule has 0 N–H and O–H groups in total. The van der Waals surface area contributed by atoms with Crippen molar-refractivity contribution in [3.8, 4) is 0 Å². The van der Waals surface area contributed by atoms with Crippen LogP contribution in [0.25, 0.3) is 32.3 Å². The first-order valence-corrected chi connectivity index (χ1v) is 9.20. The third-order valence-corrected chi connectivity index (χ3v) is 5.11. The van der Waals surface area contributed by atoms with E-state index < -0.39 is 0 Å². The molecule has 0 aliphatic heterocycles. The summed E-state index contributed by atoms with van der Waals surface area (Å²) in [4.78, 5) is 0. The van der Waals surface area contributed by atoms with E-state index in [2.05, 4.69) is 73.7 Å². The number of fused-ring (bicyclic) bond motifs is 4. The first-order chi connectivity index (χ1) is 11.9. The summed E-state index contributed by atoms with van der Waals surface area (Å²) in [5, 5.41) is 8.23. The largest absolute Gasteiger partial charge is 0.0654 e. The highest BCUT2D eigenvalue weighted by molar-refractivity contribution is 6.13. The Bertz CT molecular complexity index is 995. The average molecular weight is 312 g/mol.